The number of ether oxygens (including phenoxy) is 1. The second-order valence-corrected chi connectivity index (χ2v) is 10.6. The SMILES string of the molecule is CNC(=O)[C@@H](C)Cn1cnc2ccc(-c3cnc(OC)c(NS(=O)(=O)c4ccc(F)cc4Cl)c3)c(F)c2c1=O. The number of methoxy groups -OCH3 is 1. The summed E-state index contributed by atoms with van der Waals surface area (Å²) in [6.07, 6.45) is 2.49. The molecule has 2 heterocycles. The Morgan fingerprint density at radius 2 is 1.92 bits per heavy atom. The zero-order valence-electron chi connectivity index (χ0n) is 20.8. The van der Waals surface area contributed by atoms with E-state index in [0.717, 1.165) is 22.8 Å². The number of aromatic nitrogens is 3. The lowest BCUT2D eigenvalue weighted by Gasteiger charge is -2.15. The van der Waals surface area contributed by atoms with Gasteiger partial charge in [-0.2, -0.15) is 0 Å². The van der Waals surface area contributed by atoms with E-state index in [1.54, 1.807) is 6.92 Å². The first kappa shape index (κ1) is 27.9. The molecule has 1 atom stereocenters. The van der Waals surface area contributed by atoms with Crippen LogP contribution in [0.4, 0.5) is 14.5 Å². The fraction of sp³-hybridized carbons (Fsp3) is 0.200. The Balaban J connectivity index is 1.79. The van der Waals surface area contributed by atoms with Crippen molar-refractivity contribution in [3.63, 3.8) is 0 Å². The van der Waals surface area contributed by atoms with Crippen LogP contribution >= 0.6 is 11.6 Å². The molecule has 10 nitrogen and oxygen atoms in total. The van der Waals surface area contributed by atoms with Crippen LogP contribution in [0.1, 0.15) is 6.92 Å². The number of rotatable bonds is 8. The minimum absolute atomic E-state index is 0.0208. The van der Waals surface area contributed by atoms with Gasteiger partial charge in [0, 0.05) is 30.9 Å². The summed E-state index contributed by atoms with van der Waals surface area (Å²) >= 11 is 5.93. The molecule has 2 aromatic carbocycles. The fourth-order valence-corrected chi connectivity index (χ4v) is 5.49. The predicted octanol–water partition coefficient (Wildman–Crippen LogP) is 3.58. The zero-order chi connectivity index (χ0) is 28.5. The van der Waals surface area contributed by atoms with Crippen LogP contribution in [0.5, 0.6) is 5.88 Å². The summed E-state index contributed by atoms with van der Waals surface area (Å²) in [5.41, 5.74) is -0.694. The Kier molecular flexibility index (Phi) is 7.84. The molecule has 0 aliphatic carbocycles. The first-order chi connectivity index (χ1) is 18.5. The molecule has 0 radical (unpaired) electrons. The highest BCUT2D eigenvalue weighted by Crippen LogP contribution is 2.33. The monoisotopic (exact) mass is 577 g/mol. The first-order valence-corrected chi connectivity index (χ1v) is 13.2. The second-order valence-electron chi connectivity index (χ2n) is 8.50. The number of hydrogen-bond donors (Lipinski definition) is 2. The van der Waals surface area contributed by atoms with Gasteiger partial charge < -0.3 is 10.1 Å². The number of sulfonamides is 1. The highest BCUT2D eigenvalue weighted by Gasteiger charge is 2.23. The number of benzene rings is 2. The molecule has 0 aliphatic rings. The summed E-state index contributed by atoms with van der Waals surface area (Å²) in [6, 6.07) is 6.87. The fourth-order valence-electron chi connectivity index (χ4n) is 3.91. The summed E-state index contributed by atoms with van der Waals surface area (Å²) < 4.78 is 63.7. The van der Waals surface area contributed by atoms with Gasteiger partial charge in [-0.05, 0) is 36.4 Å². The molecule has 0 spiro atoms. The Morgan fingerprint density at radius 3 is 2.59 bits per heavy atom. The number of nitrogens with zero attached hydrogens (tertiary/aromatic N) is 3. The Bertz CT molecular complexity index is 1760. The highest BCUT2D eigenvalue weighted by molar-refractivity contribution is 7.92. The summed E-state index contributed by atoms with van der Waals surface area (Å²) in [5.74, 6) is -2.63. The molecule has 1 amide bonds. The topological polar surface area (TPSA) is 132 Å². The van der Waals surface area contributed by atoms with Gasteiger partial charge in [-0.15, -0.1) is 0 Å². The molecule has 0 unspecified atom stereocenters. The Labute approximate surface area is 226 Å². The van der Waals surface area contributed by atoms with Crippen molar-refractivity contribution in [2.24, 2.45) is 5.92 Å². The normalized spacial score (nSPS) is 12.3. The third kappa shape index (κ3) is 5.54. The van der Waals surface area contributed by atoms with E-state index in [4.69, 9.17) is 16.3 Å². The van der Waals surface area contributed by atoms with E-state index < -0.39 is 38.0 Å². The summed E-state index contributed by atoms with van der Waals surface area (Å²) in [7, 11) is -1.60. The van der Waals surface area contributed by atoms with E-state index in [0.29, 0.717) is 0 Å². The lowest BCUT2D eigenvalue weighted by atomic mass is 10.0. The minimum atomic E-state index is -4.33. The lowest BCUT2D eigenvalue weighted by molar-refractivity contribution is -0.124. The Hall–Kier alpha value is -4.10. The van der Waals surface area contributed by atoms with Crippen molar-refractivity contribution in [3.8, 4) is 17.0 Å². The van der Waals surface area contributed by atoms with E-state index in [1.165, 1.54) is 44.9 Å². The summed E-state index contributed by atoms with van der Waals surface area (Å²) in [5, 5.41) is 1.83. The van der Waals surface area contributed by atoms with Gasteiger partial charge in [0.05, 0.1) is 29.9 Å². The molecule has 14 heteroatoms. The van der Waals surface area contributed by atoms with Crippen molar-refractivity contribution in [1.82, 2.24) is 19.9 Å². The van der Waals surface area contributed by atoms with E-state index in [9.17, 15) is 22.4 Å². The van der Waals surface area contributed by atoms with Gasteiger partial charge in [-0.25, -0.2) is 27.2 Å². The molecular formula is C25H22ClF2N5O5S. The molecular weight excluding hydrogens is 556 g/mol. The van der Waals surface area contributed by atoms with Crippen LogP contribution in [0.3, 0.4) is 0 Å². The molecule has 0 saturated heterocycles. The van der Waals surface area contributed by atoms with Crippen LogP contribution in [0, 0.1) is 17.6 Å². The number of carbonyl (C=O) groups excluding carboxylic acids is 1. The van der Waals surface area contributed by atoms with E-state index in [2.05, 4.69) is 20.0 Å². The van der Waals surface area contributed by atoms with Crippen LogP contribution in [0.25, 0.3) is 22.0 Å². The number of halogens is 3. The average Bonchev–Trinajstić information content (AvgIpc) is 2.89. The van der Waals surface area contributed by atoms with E-state index in [1.807, 2.05) is 0 Å². The van der Waals surface area contributed by atoms with Gasteiger partial charge in [0.1, 0.15) is 27.6 Å². The van der Waals surface area contributed by atoms with Crippen molar-refractivity contribution in [2.45, 2.75) is 18.4 Å². The molecule has 4 aromatic rings. The lowest BCUT2D eigenvalue weighted by Crippen LogP contribution is -2.32. The molecule has 2 N–H and O–H groups in total. The van der Waals surface area contributed by atoms with Crippen molar-refractivity contribution in [2.75, 3.05) is 18.9 Å². The highest BCUT2D eigenvalue weighted by atomic mass is 35.5. The van der Waals surface area contributed by atoms with Crippen LogP contribution in [0.15, 0.2) is 58.6 Å². The zero-order valence-corrected chi connectivity index (χ0v) is 22.4. The number of fused-ring (bicyclic) bond motifs is 1. The molecule has 39 heavy (non-hydrogen) atoms. The predicted molar refractivity (Wildman–Crippen MR) is 141 cm³/mol. The largest absolute Gasteiger partial charge is 0.480 e. The number of anilines is 1. The van der Waals surface area contributed by atoms with Gasteiger partial charge in [-0.1, -0.05) is 18.5 Å². The molecule has 0 fully saturated rings. The van der Waals surface area contributed by atoms with Gasteiger partial charge in [0.25, 0.3) is 15.6 Å². The average molecular weight is 578 g/mol. The van der Waals surface area contributed by atoms with E-state index in [-0.39, 0.29) is 51.1 Å². The maximum atomic E-state index is 15.8. The van der Waals surface area contributed by atoms with Gasteiger partial charge in [-0.3, -0.25) is 18.9 Å². The number of amides is 1. The van der Waals surface area contributed by atoms with Crippen LogP contribution in [0.2, 0.25) is 5.02 Å². The third-order valence-corrected chi connectivity index (χ3v) is 7.73. The second kappa shape index (κ2) is 10.9. The maximum absolute atomic E-state index is 15.8. The molecule has 2 aromatic heterocycles. The maximum Gasteiger partial charge on any atom is 0.264 e. The van der Waals surface area contributed by atoms with Crippen LogP contribution in [-0.4, -0.2) is 43.0 Å². The van der Waals surface area contributed by atoms with Gasteiger partial charge >= 0.3 is 0 Å². The molecule has 204 valence electrons. The van der Waals surface area contributed by atoms with Crippen molar-refractivity contribution < 1.29 is 26.7 Å². The van der Waals surface area contributed by atoms with Gasteiger partial charge in [0.15, 0.2) is 0 Å². The number of nitrogens with one attached hydrogen (secondary N) is 2. The number of pyridine rings is 1. The summed E-state index contributed by atoms with van der Waals surface area (Å²) in [6.45, 7) is 1.60. The minimum Gasteiger partial charge on any atom is -0.480 e. The van der Waals surface area contributed by atoms with Crippen LogP contribution < -0.4 is 20.3 Å². The molecule has 4 rings (SSSR count). The number of carbonyl (C=O) groups is 1. The Morgan fingerprint density at radius 1 is 1.18 bits per heavy atom. The summed E-state index contributed by atoms with van der Waals surface area (Å²) in [4.78, 5) is 32.8. The standard InChI is InChI=1S/C25H22ClF2N5O5S/c1-13(23(34)29-2)11-33-12-31-18-6-5-16(22(28)21(18)25(33)35)14-8-19(24(38-3)30-10-14)32-39(36,37)20-7-4-15(27)9-17(20)26/h4-10,12-13,32H,11H2,1-3H3,(H,29,34)/t13-/m0/s1. The van der Waals surface area contributed by atoms with E-state index >= 15 is 4.39 Å². The molecule has 0 saturated carbocycles. The third-order valence-electron chi connectivity index (χ3n) is 5.88. The quantitative estimate of drug-likeness (QED) is 0.327. The molecule has 0 aliphatic heterocycles. The van der Waals surface area contributed by atoms with Crippen molar-refractivity contribution >= 4 is 44.1 Å². The smallest absolute Gasteiger partial charge is 0.264 e. The van der Waals surface area contributed by atoms with Crippen molar-refractivity contribution in [1.29, 1.82) is 0 Å². The first-order valence-electron chi connectivity index (χ1n) is 11.4. The van der Waals surface area contributed by atoms with Crippen LogP contribution in [-0.2, 0) is 21.4 Å². The molecule has 0 bridgehead atoms. The number of hydrogen-bond acceptors (Lipinski definition) is 7. The van der Waals surface area contributed by atoms with Gasteiger partial charge in [0.2, 0.25) is 11.8 Å². The van der Waals surface area contributed by atoms with Crippen molar-refractivity contribution in [3.05, 3.63) is 75.9 Å².